The second-order valence-corrected chi connectivity index (χ2v) is 6.62. The number of urea groups is 1. The molecule has 1 aliphatic heterocycles. The Morgan fingerprint density at radius 3 is 2.56 bits per heavy atom. The van der Waals surface area contributed by atoms with Crippen LogP contribution in [0.5, 0.6) is 0 Å². The van der Waals surface area contributed by atoms with Crippen LogP contribution < -0.4 is 5.32 Å². The highest BCUT2D eigenvalue weighted by Crippen LogP contribution is 2.22. The van der Waals surface area contributed by atoms with Crippen LogP contribution in [0.15, 0.2) is 0 Å². The molecular weight excluding hydrogens is 256 g/mol. The molecule has 0 aromatic rings. The molecule has 0 saturated carbocycles. The molecule has 6 nitrogen and oxygen atoms in total. The van der Waals surface area contributed by atoms with Gasteiger partial charge in [0.15, 0.2) is 0 Å². The molecule has 0 aromatic heterocycles. The quantitative estimate of drug-likeness (QED) is 0.763. The Bertz CT molecular complexity index is 361. The molecule has 1 fully saturated rings. The third kappa shape index (κ3) is 3.69. The lowest BCUT2D eigenvalue weighted by molar-refractivity contribution is -0.142. The highest BCUT2D eigenvalue weighted by atomic mass is 32.2. The molecule has 1 heterocycles. The van der Waals surface area contributed by atoms with Crippen LogP contribution in [0.4, 0.5) is 4.79 Å². The van der Waals surface area contributed by atoms with Crippen molar-refractivity contribution >= 4 is 22.8 Å². The predicted molar refractivity (Wildman–Crippen MR) is 68.8 cm³/mol. The fraction of sp³-hybridized carbons (Fsp3) is 0.818. The molecule has 104 valence electrons. The molecule has 0 spiro atoms. The number of hydrogen-bond acceptors (Lipinski definition) is 3. The Kier molecular flexibility index (Phi) is 5.13. The minimum absolute atomic E-state index is 0.0361. The van der Waals surface area contributed by atoms with E-state index in [1.54, 1.807) is 13.2 Å². The van der Waals surface area contributed by atoms with Gasteiger partial charge in [-0.15, -0.1) is 0 Å². The van der Waals surface area contributed by atoms with Crippen molar-refractivity contribution in [1.29, 1.82) is 0 Å². The second-order valence-electron chi connectivity index (χ2n) is 4.82. The molecule has 0 radical (unpaired) electrons. The average Bonchev–Trinajstić information content (AvgIpc) is 2.67. The molecule has 1 aliphatic rings. The number of nitrogens with zero attached hydrogens (tertiary/aromatic N) is 1. The van der Waals surface area contributed by atoms with Crippen LogP contribution in [0.3, 0.4) is 0 Å². The van der Waals surface area contributed by atoms with Crippen LogP contribution >= 0.6 is 0 Å². The predicted octanol–water partition coefficient (Wildman–Crippen LogP) is 0.116. The van der Waals surface area contributed by atoms with Crippen molar-refractivity contribution in [3.8, 4) is 0 Å². The maximum absolute atomic E-state index is 11.8. The van der Waals surface area contributed by atoms with Gasteiger partial charge in [-0.1, -0.05) is 6.92 Å². The summed E-state index contributed by atoms with van der Waals surface area (Å²) >= 11 is 0. The summed E-state index contributed by atoms with van der Waals surface area (Å²) in [7, 11) is -0.977. The highest BCUT2D eigenvalue weighted by molar-refractivity contribution is 7.84. The van der Waals surface area contributed by atoms with Crippen LogP contribution in [0.25, 0.3) is 0 Å². The zero-order valence-electron chi connectivity index (χ0n) is 10.9. The first-order chi connectivity index (χ1) is 8.32. The third-order valence-electron chi connectivity index (χ3n) is 3.32. The first-order valence-electron chi connectivity index (χ1n) is 5.90. The van der Waals surface area contributed by atoms with E-state index < -0.39 is 22.7 Å². The fourth-order valence-electron chi connectivity index (χ4n) is 1.91. The van der Waals surface area contributed by atoms with Crippen molar-refractivity contribution in [2.24, 2.45) is 11.8 Å². The molecule has 0 aromatic carbocycles. The van der Waals surface area contributed by atoms with Gasteiger partial charge in [0.2, 0.25) is 0 Å². The summed E-state index contributed by atoms with van der Waals surface area (Å²) in [5.74, 6) is -1.39. The molecule has 7 heteroatoms. The number of hydrogen-bond donors (Lipinski definition) is 2. The van der Waals surface area contributed by atoms with E-state index in [9.17, 15) is 13.8 Å². The van der Waals surface area contributed by atoms with Gasteiger partial charge in [-0.05, 0) is 12.8 Å². The van der Waals surface area contributed by atoms with Crippen molar-refractivity contribution in [1.82, 2.24) is 10.2 Å². The largest absolute Gasteiger partial charge is 0.481 e. The standard InChI is InChI=1S/C11H20N2O4S/c1-7-5-13(6-9(7)10(14)15)11(16)12-4-8(2)18(3)17/h7-9H,4-6H2,1-3H3,(H,12,16)(H,14,15)/t7-,8?,9-,18?/m1/s1. The zero-order chi connectivity index (χ0) is 13.9. The first kappa shape index (κ1) is 14.9. The number of rotatable bonds is 4. The minimum Gasteiger partial charge on any atom is -0.481 e. The van der Waals surface area contributed by atoms with E-state index in [1.165, 1.54) is 4.90 Å². The summed E-state index contributed by atoms with van der Waals surface area (Å²) in [4.78, 5) is 24.3. The number of nitrogens with one attached hydrogen (secondary N) is 1. The van der Waals surface area contributed by atoms with Crippen molar-refractivity contribution in [2.75, 3.05) is 25.9 Å². The van der Waals surface area contributed by atoms with Gasteiger partial charge in [0.1, 0.15) is 0 Å². The van der Waals surface area contributed by atoms with Crippen LogP contribution in [0.1, 0.15) is 13.8 Å². The summed E-state index contributed by atoms with van der Waals surface area (Å²) in [6, 6.07) is -0.275. The van der Waals surface area contributed by atoms with Crippen LogP contribution in [-0.4, -0.2) is 57.4 Å². The molecule has 2 amide bonds. The number of carbonyl (C=O) groups is 2. The van der Waals surface area contributed by atoms with E-state index in [-0.39, 0.29) is 23.7 Å². The SMILES string of the molecule is CC(CNC(=O)N1C[C@@H](C)[C@H](C(=O)O)C1)S(C)=O. The Balaban J connectivity index is 2.45. The topological polar surface area (TPSA) is 86.7 Å². The van der Waals surface area contributed by atoms with E-state index in [2.05, 4.69) is 5.32 Å². The third-order valence-corrected chi connectivity index (χ3v) is 4.62. The Labute approximate surface area is 109 Å². The van der Waals surface area contributed by atoms with E-state index >= 15 is 0 Å². The number of carboxylic acids is 1. The monoisotopic (exact) mass is 276 g/mol. The molecule has 2 unspecified atom stereocenters. The van der Waals surface area contributed by atoms with Gasteiger partial charge in [0.25, 0.3) is 0 Å². The molecule has 4 atom stereocenters. The number of carbonyl (C=O) groups excluding carboxylic acids is 1. The van der Waals surface area contributed by atoms with Gasteiger partial charge in [-0.3, -0.25) is 9.00 Å². The highest BCUT2D eigenvalue weighted by Gasteiger charge is 2.36. The summed E-state index contributed by atoms with van der Waals surface area (Å²) in [6.07, 6.45) is 1.59. The van der Waals surface area contributed by atoms with E-state index in [1.807, 2.05) is 6.92 Å². The van der Waals surface area contributed by atoms with Crippen LogP contribution in [0, 0.1) is 11.8 Å². The van der Waals surface area contributed by atoms with Crippen LogP contribution in [0.2, 0.25) is 0 Å². The van der Waals surface area contributed by atoms with Crippen molar-refractivity contribution in [3.63, 3.8) is 0 Å². The summed E-state index contributed by atoms with van der Waals surface area (Å²) in [6.45, 7) is 4.65. The molecule has 1 saturated heterocycles. The lowest BCUT2D eigenvalue weighted by Crippen LogP contribution is -2.42. The van der Waals surface area contributed by atoms with Gasteiger partial charge >= 0.3 is 12.0 Å². The van der Waals surface area contributed by atoms with Gasteiger partial charge in [0, 0.05) is 41.9 Å². The lowest BCUT2D eigenvalue weighted by atomic mass is 9.99. The molecule has 2 N–H and O–H groups in total. The lowest BCUT2D eigenvalue weighted by Gasteiger charge is -2.18. The Hall–Kier alpha value is -1.11. The number of amides is 2. The molecule has 1 rings (SSSR count). The second kappa shape index (κ2) is 6.17. The maximum Gasteiger partial charge on any atom is 0.317 e. The fourth-order valence-corrected chi connectivity index (χ4v) is 2.23. The molecule has 0 aliphatic carbocycles. The van der Waals surface area contributed by atoms with Crippen molar-refractivity contribution in [3.05, 3.63) is 0 Å². The molecule has 0 bridgehead atoms. The maximum atomic E-state index is 11.8. The number of carboxylic acid groups (broad SMARTS) is 1. The Morgan fingerprint density at radius 1 is 1.50 bits per heavy atom. The van der Waals surface area contributed by atoms with E-state index in [0.29, 0.717) is 13.1 Å². The van der Waals surface area contributed by atoms with Crippen molar-refractivity contribution < 1.29 is 18.9 Å². The van der Waals surface area contributed by atoms with Crippen molar-refractivity contribution in [2.45, 2.75) is 19.1 Å². The molecular formula is C11H20N2O4S. The van der Waals surface area contributed by atoms with E-state index in [4.69, 9.17) is 5.11 Å². The summed E-state index contributed by atoms with van der Waals surface area (Å²) in [5.41, 5.74) is 0. The zero-order valence-corrected chi connectivity index (χ0v) is 11.7. The number of aliphatic carboxylic acids is 1. The summed E-state index contributed by atoms with van der Waals surface area (Å²) in [5, 5.41) is 11.6. The normalized spacial score (nSPS) is 26.7. The molecule has 18 heavy (non-hydrogen) atoms. The Morgan fingerprint density at radius 2 is 2.11 bits per heavy atom. The van der Waals surface area contributed by atoms with E-state index in [0.717, 1.165) is 0 Å². The minimum atomic E-state index is -0.977. The van der Waals surface area contributed by atoms with Gasteiger partial charge in [-0.25, -0.2) is 4.79 Å². The van der Waals surface area contributed by atoms with Gasteiger partial charge < -0.3 is 15.3 Å². The first-order valence-corrected chi connectivity index (χ1v) is 7.52. The van der Waals surface area contributed by atoms with Crippen LogP contribution in [-0.2, 0) is 15.6 Å². The smallest absolute Gasteiger partial charge is 0.317 e. The summed E-state index contributed by atoms with van der Waals surface area (Å²) < 4.78 is 11.1. The average molecular weight is 276 g/mol. The van der Waals surface area contributed by atoms with Gasteiger partial charge in [-0.2, -0.15) is 0 Å². The number of likely N-dealkylation sites (tertiary alicyclic amines) is 1. The van der Waals surface area contributed by atoms with Gasteiger partial charge in [0.05, 0.1) is 5.92 Å².